The quantitative estimate of drug-likeness (QED) is 0.155. The molecule has 0 spiro atoms. The van der Waals surface area contributed by atoms with E-state index in [1.807, 2.05) is 0 Å². The molecule has 0 amide bonds. The van der Waals surface area contributed by atoms with Crippen LogP contribution in [0.5, 0.6) is 5.75 Å². The number of allylic oxidation sites excluding steroid dienone is 1. The summed E-state index contributed by atoms with van der Waals surface area (Å²) in [5, 5.41) is 6.63. The van der Waals surface area contributed by atoms with Gasteiger partial charge in [-0.15, -0.1) is 0 Å². The van der Waals surface area contributed by atoms with E-state index in [1.165, 1.54) is 31.5 Å². The number of halogens is 8. The molecule has 0 saturated carbocycles. The van der Waals surface area contributed by atoms with Crippen LogP contribution >= 0.6 is 0 Å². The van der Waals surface area contributed by atoms with E-state index in [9.17, 15) is 35.1 Å². The fourth-order valence-corrected chi connectivity index (χ4v) is 4.13. The summed E-state index contributed by atoms with van der Waals surface area (Å²) >= 11 is 0. The predicted molar refractivity (Wildman–Crippen MR) is 154 cm³/mol. The molecule has 0 saturated heterocycles. The minimum absolute atomic E-state index is 0.0658. The van der Waals surface area contributed by atoms with Gasteiger partial charge in [0.2, 0.25) is 0 Å². The molecule has 230 valence electrons. The van der Waals surface area contributed by atoms with Gasteiger partial charge in [-0.25, -0.2) is 26.3 Å². The summed E-state index contributed by atoms with van der Waals surface area (Å²) in [4.78, 5) is 3.44. The van der Waals surface area contributed by atoms with Gasteiger partial charge in [0.25, 0.3) is 0 Å². The Kier molecular flexibility index (Phi) is 10.8. The first-order chi connectivity index (χ1) is 20.7. The maximum absolute atomic E-state index is 14.8. The van der Waals surface area contributed by atoms with Gasteiger partial charge < -0.3 is 10.1 Å². The Hall–Kier alpha value is -4.80. The zero-order valence-corrected chi connectivity index (χ0v) is 23.7. The van der Waals surface area contributed by atoms with E-state index in [2.05, 4.69) is 16.4 Å². The number of alkyl halides is 2. The number of rotatable bonds is 8. The van der Waals surface area contributed by atoms with E-state index in [0.717, 1.165) is 35.9 Å². The van der Waals surface area contributed by atoms with Crippen LogP contribution in [-0.2, 0) is 12.5 Å². The van der Waals surface area contributed by atoms with Crippen LogP contribution in [0.3, 0.4) is 0 Å². The summed E-state index contributed by atoms with van der Waals surface area (Å²) in [6.45, 7) is 8.15. The number of hydrogen-bond acceptors (Lipinski definition) is 3. The van der Waals surface area contributed by atoms with Gasteiger partial charge in [0.05, 0.1) is 0 Å². The first kappa shape index (κ1) is 33.7. The van der Waals surface area contributed by atoms with Gasteiger partial charge in [0, 0.05) is 35.2 Å². The smallest absolute Gasteiger partial charge is 0.429 e. The second-order valence-electron chi connectivity index (χ2n) is 9.53. The van der Waals surface area contributed by atoms with Crippen molar-refractivity contribution in [2.24, 2.45) is 4.99 Å². The molecular formula is C33H26F8N2O. The van der Waals surface area contributed by atoms with E-state index in [0.29, 0.717) is 23.8 Å². The summed E-state index contributed by atoms with van der Waals surface area (Å²) in [6, 6.07) is 9.04. The fraction of sp³-hybridized carbons (Fsp3) is 0.152. The molecule has 1 N–H and O–H groups in total. The molecule has 0 atom stereocenters. The van der Waals surface area contributed by atoms with E-state index in [4.69, 9.17) is 5.41 Å². The van der Waals surface area contributed by atoms with Crippen molar-refractivity contribution in [1.29, 1.82) is 5.41 Å². The van der Waals surface area contributed by atoms with Crippen LogP contribution in [-0.4, -0.2) is 12.9 Å². The predicted octanol–water partition coefficient (Wildman–Crippen LogP) is 10.1. The molecule has 11 heteroatoms. The van der Waals surface area contributed by atoms with Crippen molar-refractivity contribution in [3.05, 3.63) is 124 Å². The van der Waals surface area contributed by atoms with E-state index in [-0.39, 0.29) is 34.2 Å². The van der Waals surface area contributed by atoms with Crippen molar-refractivity contribution in [3.8, 4) is 28.0 Å². The van der Waals surface area contributed by atoms with E-state index in [1.54, 1.807) is 13.8 Å². The second kappa shape index (κ2) is 14.1. The average molecular weight is 619 g/mol. The highest BCUT2D eigenvalue weighted by Crippen LogP contribution is 2.38. The second-order valence-corrected chi connectivity index (χ2v) is 9.53. The van der Waals surface area contributed by atoms with Crippen LogP contribution in [0.15, 0.2) is 77.4 Å². The Balaban J connectivity index is 0.000000676. The lowest BCUT2D eigenvalue weighted by molar-refractivity contribution is -0.189. The van der Waals surface area contributed by atoms with Crippen LogP contribution in [0.1, 0.15) is 30.5 Å². The van der Waals surface area contributed by atoms with Crippen molar-refractivity contribution in [2.45, 2.75) is 33.3 Å². The van der Waals surface area contributed by atoms with Gasteiger partial charge >= 0.3 is 6.11 Å². The number of nitrogens with zero attached hydrogens (tertiary/aromatic N) is 1. The largest absolute Gasteiger partial charge is 0.432 e. The van der Waals surface area contributed by atoms with Crippen molar-refractivity contribution in [1.82, 2.24) is 0 Å². The molecule has 0 aliphatic rings. The molecule has 0 bridgehead atoms. The van der Waals surface area contributed by atoms with Crippen LogP contribution in [0.2, 0.25) is 0 Å². The number of aliphatic imine (C=N–C) groups is 1. The normalized spacial score (nSPS) is 11.5. The van der Waals surface area contributed by atoms with E-state index < -0.39 is 52.3 Å². The average Bonchev–Trinajstić information content (AvgIpc) is 2.92. The zero-order valence-electron chi connectivity index (χ0n) is 23.7. The monoisotopic (exact) mass is 618 g/mol. The van der Waals surface area contributed by atoms with Crippen molar-refractivity contribution >= 4 is 12.9 Å². The number of nitrogens with one attached hydrogen (secondary N) is 1. The highest BCUT2D eigenvalue weighted by Gasteiger charge is 2.41. The lowest BCUT2D eigenvalue weighted by Gasteiger charge is -2.20. The molecule has 0 fully saturated rings. The third kappa shape index (κ3) is 7.77. The van der Waals surface area contributed by atoms with Crippen LogP contribution in [0, 0.1) is 47.2 Å². The van der Waals surface area contributed by atoms with Crippen LogP contribution in [0.25, 0.3) is 22.3 Å². The Morgan fingerprint density at radius 1 is 0.795 bits per heavy atom. The topological polar surface area (TPSA) is 45.4 Å². The Morgan fingerprint density at radius 3 is 1.73 bits per heavy atom. The molecule has 0 heterocycles. The standard InChI is InChI=1S/C28H18F8O.C5H8N2/c1-3-18-22(30)9-15(10-23(18)31)20-7-5-17(13-24(20)32)37-28(35,36)27-25(33)11-16(12-26(27)34)19-6-4-14(2)8-21(19)29;1-5(3-6)4-7-2/h4-13H,3H2,1-2H3;3-4,6H,2H2,1H3/b;5-4-,6-3?. The first-order valence-electron chi connectivity index (χ1n) is 13.0. The third-order valence-corrected chi connectivity index (χ3v) is 6.28. The van der Waals surface area contributed by atoms with Gasteiger partial charge in [-0.2, -0.15) is 8.78 Å². The Bertz CT molecular complexity index is 1690. The number of aryl methyl sites for hydroxylation is 1. The lowest BCUT2D eigenvalue weighted by atomic mass is 10.0. The van der Waals surface area contributed by atoms with Gasteiger partial charge in [-0.1, -0.05) is 19.1 Å². The molecule has 0 radical (unpaired) electrons. The SMILES string of the molecule is C=N/C=C(/C)C=N.CCc1c(F)cc(-c2ccc(OC(F)(F)c3c(F)cc(-c4ccc(C)cc4F)cc3F)cc2F)cc1F. The summed E-state index contributed by atoms with van der Waals surface area (Å²) in [5.74, 6) is -7.98. The van der Waals surface area contributed by atoms with Gasteiger partial charge in [-0.05, 0) is 91.7 Å². The van der Waals surface area contributed by atoms with Gasteiger partial charge in [0.1, 0.15) is 46.2 Å². The molecule has 44 heavy (non-hydrogen) atoms. The Morgan fingerprint density at radius 2 is 1.30 bits per heavy atom. The van der Waals surface area contributed by atoms with Crippen molar-refractivity contribution in [2.75, 3.05) is 0 Å². The number of benzene rings is 4. The summed E-state index contributed by atoms with van der Waals surface area (Å²) in [5.41, 5.74) is -1.58. The number of ether oxygens (including phenoxy) is 1. The third-order valence-electron chi connectivity index (χ3n) is 6.28. The van der Waals surface area contributed by atoms with Gasteiger partial charge in [0.15, 0.2) is 0 Å². The maximum Gasteiger partial charge on any atom is 0.432 e. The van der Waals surface area contributed by atoms with Crippen LogP contribution < -0.4 is 4.74 Å². The summed E-state index contributed by atoms with van der Waals surface area (Å²) in [6.07, 6.45) is -1.76. The maximum atomic E-state index is 14.8. The Labute approximate surface area is 248 Å². The molecule has 0 aliphatic carbocycles. The first-order valence-corrected chi connectivity index (χ1v) is 13.0. The fourth-order valence-electron chi connectivity index (χ4n) is 4.13. The zero-order chi connectivity index (χ0) is 32.8. The molecular weight excluding hydrogens is 592 g/mol. The minimum Gasteiger partial charge on any atom is -0.429 e. The van der Waals surface area contributed by atoms with Crippen LogP contribution in [0.4, 0.5) is 35.1 Å². The molecule has 3 nitrogen and oxygen atoms in total. The molecule has 4 aromatic carbocycles. The van der Waals surface area contributed by atoms with Gasteiger partial charge in [-0.3, -0.25) is 4.99 Å². The van der Waals surface area contributed by atoms with Crippen molar-refractivity contribution < 1.29 is 39.9 Å². The van der Waals surface area contributed by atoms with E-state index >= 15 is 0 Å². The molecule has 0 aromatic heterocycles. The lowest BCUT2D eigenvalue weighted by Crippen LogP contribution is -2.25. The molecule has 0 unspecified atom stereocenters. The molecule has 4 aromatic rings. The molecule has 0 aliphatic heterocycles. The molecule has 4 rings (SSSR count). The highest BCUT2D eigenvalue weighted by molar-refractivity contribution is 5.74. The summed E-state index contributed by atoms with van der Waals surface area (Å²) in [7, 11) is 0. The minimum atomic E-state index is -4.59. The number of hydrogen-bond donors (Lipinski definition) is 1. The summed E-state index contributed by atoms with van der Waals surface area (Å²) < 4.78 is 120. The highest BCUT2D eigenvalue weighted by atomic mass is 19.3. The van der Waals surface area contributed by atoms with Crippen molar-refractivity contribution in [3.63, 3.8) is 0 Å².